The van der Waals surface area contributed by atoms with E-state index in [0.717, 1.165) is 22.3 Å². The molecule has 1 aliphatic rings. The maximum Gasteiger partial charge on any atom is 0.407 e. The third kappa shape index (κ3) is 16.8. The molecule has 2 aromatic rings. The fraction of sp³-hybridized carbons (Fsp3) is 0.383. The van der Waals surface area contributed by atoms with Crippen LogP contribution < -0.4 is 42.5 Å². The third-order valence-electron chi connectivity index (χ3n) is 9.33. The van der Waals surface area contributed by atoms with E-state index in [-0.39, 0.29) is 38.7 Å². The number of amides is 8. The first-order chi connectivity index (χ1) is 31.4. The quantitative estimate of drug-likeness (QED) is 0.0538. The molecule has 0 heterocycles. The van der Waals surface area contributed by atoms with E-state index in [2.05, 4.69) is 66.2 Å². The number of benzene rings is 2. The van der Waals surface area contributed by atoms with Gasteiger partial charge in [-0.3, -0.25) is 38.4 Å². The molecule has 19 nitrogen and oxygen atoms in total. The Kier molecular flexibility index (Phi) is 20.3. The number of rotatable bonds is 22. The van der Waals surface area contributed by atoms with Crippen LogP contribution in [-0.4, -0.2) is 116 Å². The number of fused-ring (bicyclic) bond motifs is 3. The molecular weight excluding hydrogens is 853 g/mol. The molecule has 0 spiro atoms. The molecule has 2 aromatic carbocycles. The van der Waals surface area contributed by atoms with Gasteiger partial charge in [0.05, 0.1) is 51.9 Å². The number of hydrogen-bond acceptors (Lipinski definition) is 11. The normalized spacial score (nSPS) is 12.9. The highest BCUT2D eigenvalue weighted by Gasteiger charge is 2.34. The molecule has 4 atom stereocenters. The summed E-state index contributed by atoms with van der Waals surface area (Å²) in [7, 11) is 0. The summed E-state index contributed by atoms with van der Waals surface area (Å²) >= 11 is 0. The van der Waals surface area contributed by atoms with Crippen molar-refractivity contribution in [3.63, 3.8) is 0 Å². The molecule has 0 aromatic heterocycles. The third-order valence-corrected chi connectivity index (χ3v) is 9.33. The van der Waals surface area contributed by atoms with E-state index in [1.807, 2.05) is 48.5 Å². The number of esters is 1. The van der Waals surface area contributed by atoms with Gasteiger partial charge >= 0.3 is 12.1 Å². The van der Waals surface area contributed by atoms with E-state index in [9.17, 15) is 43.2 Å². The molecule has 0 radical (unpaired) electrons. The Balaban J connectivity index is 1.76. The summed E-state index contributed by atoms with van der Waals surface area (Å²) in [6.45, 7) is 3.51. The highest BCUT2D eigenvalue weighted by Crippen LogP contribution is 2.44. The van der Waals surface area contributed by atoms with Gasteiger partial charge in [0, 0.05) is 5.92 Å². The Morgan fingerprint density at radius 2 is 0.864 bits per heavy atom. The topological polar surface area (TPSA) is 268 Å². The largest absolute Gasteiger partial charge is 0.460 e. The van der Waals surface area contributed by atoms with Gasteiger partial charge in [0.2, 0.25) is 41.4 Å². The zero-order chi connectivity index (χ0) is 48.8. The van der Waals surface area contributed by atoms with E-state index in [4.69, 9.17) is 35.2 Å². The van der Waals surface area contributed by atoms with Crippen LogP contribution in [0.15, 0.2) is 48.5 Å². The number of hydrogen-bond donors (Lipinski definition) is 8. The van der Waals surface area contributed by atoms with E-state index < -0.39 is 109 Å². The van der Waals surface area contributed by atoms with Crippen LogP contribution in [0.25, 0.3) is 11.1 Å². The second kappa shape index (κ2) is 25.7. The summed E-state index contributed by atoms with van der Waals surface area (Å²) in [6.07, 6.45) is 17.0. The van der Waals surface area contributed by atoms with Crippen LogP contribution in [0.5, 0.6) is 0 Å². The minimum absolute atomic E-state index is 0.116. The van der Waals surface area contributed by atoms with Crippen molar-refractivity contribution in [3.8, 4) is 60.5 Å². The second-order valence-electron chi connectivity index (χ2n) is 15.5. The summed E-state index contributed by atoms with van der Waals surface area (Å²) in [4.78, 5) is 118. The van der Waals surface area contributed by atoms with E-state index in [1.165, 1.54) is 0 Å². The van der Waals surface area contributed by atoms with E-state index in [0.29, 0.717) is 0 Å². The number of terminal acetylenes is 4. The Labute approximate surface area is 382 Å². The van der Waals surface area contributed by atoms with Gasteiger partial charge in [0.1, 0.15) is 36.4 Å². The fourth-order valence-electron chi connectivity index (χ4n) is 6.53. The number of carbonyl (C=O) groups is 9. The van der Waals surface area contributed by atoms with Crippen molar-refractivity contribution in [1.29, 1.82) is 0 Å². The lowest BCUT2D eigenvalue weighted by Gasteiger charge is -2.24. The van der Waals surface area contributed by atoms with Crippen molar-refractivity contribution >= 4 is 53.4 Å². The molecule has 0 saturated heterocycles. The molecule has 0 fully saturated rings. The van der Waals surface area contributed by atoms with Crippen LogP contribution in [0.1, 0.15) is 63.5 Å². The number of alkyl carbamates (subject to hydrolysis) is 1. The van der Waals surface area contributed by atoms with Gasteiger partial charge in [-0.25, -0.2) is 4.79 Å². The van der Waals surface area contributed by atoms with Crippen molar-refractivity contribution in [2.75, 3.05) is 32.8 Å². The maximum atomic E-state index is 13.5. The first kappa shape index (κ1) is 52.1. The Hall–Kier alpha value is -8.29. The lowest BCUT2D eigenvalue weighted by molar-refractivity contribution is -0.156. The molecule has 3 rings (SSSR count). The smallest absolute Gasteiger partial charge is 0.407 e. The molecule has 0 bridgehead atoms. The van der Waals surface area contributed by atoms with Crippen LogP contribution in [0.2, 0.25) is 0 Å². The molecule has 8 N–H and O–H groups in total. The molecule has 1 aliphatic carbocycles. The minimum Gasteiger partial charge on any atom is -0.460 e. The predicted octanol–water partition coefficient (Wildman–Crippen LogP) is -0.752. The first-order valence-corrected chi connectivity index (χ1v) is 20.5. The van der Waals surface area contributed by atoms with Gasteiger partial charge in [0.15, 0.2) is 0 Å². The molecule has 0 saturated carbocycles. The van der Waals surface area contributed by atoms with Gasteiger partial charge in [-0.15, -0.1) is 25.7 Å². The lowest BCUT2D eigenvalue weighted by Crippen LogP contribution is -2.55. The molecule has 66 heavy (non-hydrogen) atoms. The number of ether oxygens (including phenoxy) is 2. The monoisotopic (exact) mass is 904 g/mol. The van der Waals surface area contributed by atoms with Crippen molar-refractivity contribution < 1.29 is 52.6 Å². The minimum atomic E-state index is -1.70. The highest BCUT2D eigenvalue weighted by molar-refractivity contribution is 5.98. The zero-order valence-corrected chi connectivity index (χ0v) is 36.7. The SMILES string of the molecule is C#CCNC(=O)[C@H](CC(=O)N[C@@H](CC(=O)OC(C)(C)C)C(=O)NCC#C)NC(=O)C[C@H](NC(=O)C[C@H](NC(=O)OCC1c2ccccc2-c2ccccc21)C(=O)NCC#C)C(=O)NCC#C. The standard InChI is InChI=1S/C47H52N8O11/c1-8-20-48-42(60)34(24-38(56)52-35(43(61)49-21-9-2)25-39(57)54-37(45(63)51-23-11-4)27-41(59)66-47(5,6)7)53-40(58)26-36(44(62)50-22-10-3)55-46(64)65-28-33-31-18-14-12-16-29(31)30-17-13-15-19-32(30)33/h1-4,12-19,33-37H,20-28H2,5-7H3,(H,48,60)(H,49,61)(H,50,62)(H,51,63)(H,52,56)(H,53,58)(H,54,57)(H,55,64)/t34-,35-,36-,37-/m0/s1. The average Bonchev–Trinajstić information content (AvgIpc) is 3.59. The molecule has 0 unspecified atom stereocenters. The number of carbonyl (C=O) groups excluding carboxylic acids is 9. The second-order valence-corrected chi connectivity index (χ2v) is 15.5. The van der Waals surface area contributed by atoms with Crippen molar-refractivity contribution in [2.24, 2.45) is 0 Å². The predicted molar refractivity (Wildman–Crippen MR) is 239 cm³/mol. The van der Waals surface area contributed by atoms with Gasteiger partial charge in [-0.1, -0.05) is 72.2 Å². The molecule has 0 aliphatic heterocycles. The van der Waals surface area contributed by atoms with Crippen LogP contribution in [0, 0.1) is 49.4 Å². The fourth-order valence-corrected chi connectivity index (χ4v) is 6.53. The molecular formula is C47H52N8O11. The summed E-state index contributed by atoms with van der Waals surface area (Å²) in [5.41, 5.74) is 2.90. The van der Waals surface area contributed by atoms with Crippen molar-refractivity contribution in [3.05, 3.63) is 59.7 Å². The maximum absolute atomic E-state index is 13.5. The van der Waals surface area contributed by atoms with Crippen LogP contribution in [-0.2, 0) is 47.8 Å². The average molecular weight is 905 g/mol. The van der Waals surface area contributed by atoms with Crippen molar-refractivity contribution in [2.45, 2.75) is 82.1 Å². The summed E-state index contributed by atoms with van der Waals surface area (Å²) < 4.78 is 10.8. The summed E-state index contributed by atoms with van der Waals surface area (Å²) in [5.74, 6) is 0.926. The van der Waals surface area contributed by atoms with Crippen LogP contribution >= 0.6 is 0 Å². The molecule has 8 amide bonds. The van der Waals surface area contributed by atoms with Gasteiger partial charge in [-0.2, -0.15) is 0 Å². The first-order valence-electron chi connectivity index (χ1n) is 20.5. The Morgan fingerprint density at radius 1 is 0.530 bits per heavy atom. The number of nitrogens with one attached hydrogen (secondary N) is 8. The van der Waals surface area contributed by atoms with Gasteiger partial charge in [-0.05, 0) is 43.0 Å². The van der Waals surface area contributed by atoms with Gasteiger partial charge < -0.3 is 52.0 Å². The van der Waals surface area contributed by atoms with Crippen LogP contribution in [0.3, 0.4) is 0 Å². The van der Waals surface area contributed by atoms with Crippen LogP contribution in [0.4, 0.5) is 4.79 Å². The van der Waals surface area contributed by atoms with Crippen molar-refractivity contribution in [1.82, 2.24) is 42.5 Å². The Morgan fingerprint density at radius 3 is 1.21 bits per heavy atom. The van der Waals surface area contributed by atoms with E-state index >= 15 is 0 Å². The Bertz CT molecular complexity index is 2280. The highest BCUT2D eigenvalue weighted by atomic mass is 16.6. The lowest BCUT2D eigenvalue weighted by atomic mass is 9.98. The summed E-state index contributed by atoms with van der Waals surface area (Å²) in [5, 5.41) is 18.7. The van der Waals surface area contributed by atoms with Gasteiger partial charge in [0.25, 0.3) is 0 Å². The summed E-state index contributed by atoms with van der Waals surface area (Å²) in [6, 6.07) is 8.78. The zero-order valence-electron chi connectivity index (χ0n) is 36.7. The molecule has 19 heteroatoms. The van der Waals surface area contributed by atoms with E-state index in [1.54, 1.807) is 20.8 Å². The molecule has 346 valence electrons.